The fourth-order valence-corrected chi connectivity index (χ4v) is 5.50. The van der Waals surface area contributed by atoms with Crippen LogP contribution in [0.3, 0.4) is 0 Å². The van der Waals surface area contributed by atoms with Crippen LogP contribution in [0.5, 0.6) is 11.5 Å². The number of aromatic nitrogens is 1. The number of halogens is 1. The first-order valence-electron chi connectivity index (χ1n) is 12.7. The zero-order valence-electron chi connectivity index (χ0n) is 22.1. The Kier molecular flexibility index (Phi) is 8.74. The van der Waals surface area contributed by atoms with Crippen molar-refractivity contribution in [1.29, 1.82) is 0 Å². The van der Waals surface area contributed by atoms with Crippen LogP contribution in [0.15, 0.2) is 63.5 Å². The molecule has 2 atom stereocenters. The van der Waals surface area contributed by atoms with Crippen molar-refractivity contribution in [3.05, 3.63) is 89.6 Å². The first-order chi connectivity index (χ1) is 18.3. The van der Waals surface area contributed by atoms with Gasteiger partial charge in [0.2, 0.25) is 0 Å². The van der Waals surface area contributed by atoms with Crippen molar-refractivity contribution >= 4 is 35.0 Å². The van der Waals surface area contributed by atoms with Crippen molar-refractivity contribution in [1.82, 2.24) is 4.57 Å². The maximum absolute atomic E-state index is 13.8. The van der Waals surface area contributed by atoms with Crippen LogP contribution in [0.1, 0.15) is 58.2 Å². The van der Waals surface area contributed by atoms with Crippen molar-refractivity contribution in [2.75, 3.05) is 13.2 Å². The maximum atomic E-state index is 13.8. The van der Waals surface area contributed by atoms with Crippen molar-refractivity contribution in [2.45, 2.75) is 53.2 Å². The standard InChI is InChI=1S/C29H31ClN2O5S/c1-6-17(4)37-22-14-13-19(15-23(22)35-7-2)16-24-27(33)32-26(20-11-9-10-12-21(20)30)25(28(34)36-8-3)18(5)31-29(32)38-24/h9-17,26H,6-8H2,1-5H3/b24-16+/t17-,26-/m1/s1. The topological polar surface area (TPSA) is 79.1 Å². The molecule has 1 aliphatic rings. The molecule has 0 aliphatic carbocycles. The fourth-order valence-electron chi connectivity index (χ4n) is 4.21. The number of allylic oxidation sites excluding steroid dienone is 1. The Balaban J connectivity index is 1.87. The molecule has 0 spiro atoms. The van der Waals surface area contributed by atoms with E-state index < -0.39 is 12.0 Å². The van der Waals surface area contributed by atoms with Gasteiger partial charge in [-0.3, -0.25) is 9.36 Å². The highest BCUT2D eigenvalue weighted by molar-refractivity contribution is 7.07. The van der Waals surface area contributed by atoms with E-state index in [-0.39, 0.29) is 18.3 Å². The van der Waals surface area contributed by atoms with Crippen molar-refractivity contribution in [3.63, 3.8) is 0 Å². The van der Waals surface area contributed by atoms with Crippen LogP contribution in [0.25, 0.3) is 6.08 Å². The Bertz CT molecular complexity index is 1560. The Labute approximate surface area is 230 Å². The minimum absolute atomic E-state index is 0.0467. The molecule has 0 amide bonds. The molecule has 7 nitrogen and oxygen atoms in total. The van der Waals surface area contributed by atoms with Gasteiger partial charge in [0.15, 0.2) is 16.3 Å². The van der Waals surface area contributed by atoms with Crippen molar-refractivity contribution in [2.24, 2.45) is 4.99 Å². The third-order valence-electron chi connectivity index (χ3n) is 6.19. The lowest BCUT2D eigenvalue weighted by Gasteiger charge is -2.25. The molecule has 9 heteroatoms. The summed E-state index contributed by atoms with van der Waals surface area (Å²) < 4.78 is 19.2. The molecule has 0 unspecified atom stereocenters. The molecule has 0 N–H and O–H groups in total. The van der Waals surface area contributed by atoms with E-state index in [2.05, 4.69) is 11.9 Å². The van der Waals surface area contributed by atoms with E-state index in [0.717, 1.165) is 12.0 Å². The lowest BCUT2D eigenvalue weighted by molar-refractivity contribution is -0.139. The lowest BCUT2D eigenvalue weighted by Crippen LogP contribution is -2.40. The minimum Gasteiger partial charge on any atom is -0.490 e. The van der Waals surface area contributed by atoms with E-state index in [0.29, 0.717) is 49.3 Å². The number of ether oxygens (including phenoxy) is 3. The first kappa shape index (κ1) is 27.7. The number of benzene rings is 2. The smallest absolute Gasteiger partial charge is 0.338 e. The Morgan fingerprint density at radius 1 is 1.16 bits per heavy atom. The van der Waals surface area contributed by atoms with E-state index in [9.17, 15) is 9.59 Å². The van der Waals surface area contributed by atoms with Gasteiger partial charge in [-0.1, -0.05) is 54.1 Å². The number of fused-ring (bicyclic) bond motifs is 1. The van der Waals surface area contributed by atoms with Gasteiger partial charge in [-0.15, -0.1) is 0 Å². The highest BCUT2D eigenvalue weighted by atomic mass is 35.5. The molecule has 0 saturated carbocycles. The highest BCUT2D eigenvalue weighted by Crippen LogP contribution is 2.34. The molecular formula is C29H31ClN2O5S. The first-order valence-corrected chi connectivity index (χ1v) is 13.9. The number of carbonyl (C=O) groups is 1. The summed E-state index contributed by atoms with van der Waals surface area (Å²) in [6.07, 6.45) is 2.71. The van der Waals surface area contributed by atoms with E-state index in [1.54, 1.807) is 32.1 Å². The summed E-state index contributed by atoms with van der Waals surface area (Å²) in [5, 5.41) is 0.446. The predicted octanol–water partition coefficient (Wildman–Crippen LogP) is 5.03. The molecule has 38 heavy (non-hydrogen) atoms. The second kappa shape index (κ2) is 12.0. The second-order valence-corrected chi connectivity index (χ2v) is 10.2. The van der Waals surface area contributed by atoms with Gasteiger partial charge < -0.3 is 14.2 Å². The van der Waals surface area contributed by atoms with Gasteiger partial charge in [0, 0.05) is 5.02 Å². The number of carbonyl (C=O) groups excluding carboxylic acids is 1. The van der Waals surface area contributed by atoms with Gasteiger partial charge in [0.05, 0.1) is 35.1 Å². The zero-order chi connectivity index (χ0) is 27.4. The van der Waals surface area contributed by atoms with E-state index in [1.165, 1.54) is 15.9 Å². The van der Waals surface area contributed by atoms with Gasteiger partial charge in [-0.2, -0.15) is 0 Å². The molecular weight excluding hydrogens is 524 g/mol. The predicted molar refractivity (Wildman–Crippen MR) is 150 cm³/mol. The summed E-state index contributed by atoms with van der Waals surface area (Å²) in [5.74, 6) is 0.753. The second-order valence-electron chi connectivity index (χ2n) is 8.80. The SMILES string of the molecule is CCOC(=O)C1=C(C)N=c2s/c(=C/c3ccc(O[C@H](C)CC)c(OCC)c3)c(=O)n2[C@@H]1c1ccccc1Cl. The summed E-state index contributed by atoms with van der Waals surface area (Å²) in [4.78, 5) is 31.9. The quantitative estimate of drug-likeness (QED) is 0.347. The summed E-state index contributed by atoms with van der Waals surface area (Å²) in [7, 11) is 0. The number of nitrogens with zero attached hydrogens (tertiary/aromatic N) is 2. The molecule has 2 aromatic carbocycles. The molecule has 1 aliphatic heterocycles. The van der Waals surface area contributed by atoms with Crippen LogP contribution in [0.2, 0.25) is 5.02 Å². The van der Waals surface area contributed by atoms with Gasteiger partial charge in [0.25, 0.3) is 5.56 Å². The average molecular weight is 555 g/mol. The fraction of sp³-hybridized carbons (Fsp3) is 0.345. The van der Waals surface area contributed by atoms with Crippen LogP contribution in [0, 0.1) is 0 Å². The van der Waals surface area contributed by atoms with Gasteiger partial charge >= 0.3 is 5.97 Å². The summed E-state index contributed by atoms with van der Waals surface area (Å²) >= 11 is 7.82. The number of hydrogen-bond acceptors (Lipinski definition) is 7. The Morgan fingerprint density at radius 2 is 1.92 bits per heavy atom. The maximum Gasteiger partial charge on any atom is 0.338 e. The molecule has 200 valence electrons. The molecule has 2 heterocycles. The molecule has 0 bridgehead atoms. The summed E-state index contributed by atoms with van der Waals surface area (Å²) in [6, 6.07) is 12.0. The largest absolute Gasteiger partial charge is 0.490 e. The summed E-state index contributed by atoms with van der Waals surface area (Å²) in [6.45, 7) is 10.2. The van der Waals surface area contributed by atoms with Gasteiger partial charge in [-0.05, 0) is 69.5 Å². The van der Waals surface area contributed by atoms with Crippen LogP contribution in [-0.4, -0.2) is 29.9 Å². The monoisotopic (exact) mass is 554 g/mol. The third kappa shape index (κ3) is 5.56. The molecule has 3 aromatic rings. The number of esters is 1. The van der Waals surface area contributed by atoms with Gasteiger partial charge in [0.1, 0.15) is 6.04 Å². The van der Waals surface area contributed by atoms with E-state index >= 15 is 0 Å². The van der Waals surface area contributed by atoms with E-state index in [4.69, 9.17) is 25.8 Å². The summed E-state index contributed by atoms with van der Waals surface area (Å²) in [5.41, 5.74) is 1.93. The molecule has 0 fully saturated rings. The molecule has 4 rings (SSSR count). The average Bonchev–Trinajstić information content (AvgIpc) is 3.19. The third-order valence-corrected chi connectivity index (χ3v) is 7.51. The van der Waals surface area contributed by atoms with Crippen LogP contribution < -0.4 is 24.4 Å². The molecule has 0 radical (unpaired) electrons. The van der Waals surface area contributed by atoms with Crippen LogP contribution >= 0.6 is 22.9 Å². The highest BCUT2D eigenvalue weighted by Gasteiger charge is 2.34. The number of hydrogen-bond donors (Lipinski definition) is 0. The van der Waals surface area contributed by atoms with E-state index in [1.807, 2.05) is 44.2 Å². The lowest BCUT2D eigenvalue weighted by atomic mass is 9.96. The molecule has 0 saturated heterocycles. The minimum atomic E-state index is -0.758. The van der Waals surface area contributed by atoms with Crippen LogP contribution in [0.4, 0.5) is 0 Å². The normalized spacial score (nSPS) is 16.1. The van der Waals surface area contributed by atoms with Gasteiger partial charge in [-0.25, -0.2) is 9.79 Å². The number of thiazole rings is 1. The number of rotatable bonds is 9. The van der Waals surface area contributed by atoms with Crippen molar-refractivity contribution < 1.29 is 19.0 Å². The Morgan fingerprint density at radius 3 is 2.61 bits per heavy atom. The zero-order valence-corrected chi connectivity index (χ0v) is 23.7. The van der Waals surface area contributed by atoms with Crippen molar-refractivity contribution in [3.8, 4) is 11.5 Å². The van der Waals surface area contributed by atoms with Crippen LogP contribution in [-0.2, 0) is 9.53 Å². The molecule has 1 aromatic heterocycles. The Hall–Kier alpha value is -3.36.